The predicted molar refractivity (Wildman–Crippen MR) is 55.0 cm³/mol. The van der Waals surface area contributed by atoms with Crippen molar-refractivity contribution in [3.05, 3.63) is 0 Å². The van der Waals surface area contributed by atoms with Gasteiger partial charge in [-0.3, -0.25) is 4.79 Å². The Labute approximate surface area is 85.3 Å². The molecule has 1 aliphatic heterocycles. The molecule has 0 spiro atoms. The molecule has 1 rings (SSSR count). The van der Waals surface area contributed by atoms with Gasteiger partial charge < -0.3 is 14.7 Å². The van der Waals surface area contributed by atoms with E-state index in [1.54, 1.807) is 23.9 Å². The minimum absolute atomic E-state index is 0.0926. The Morgan fingerprint density at radius 1 is 1.21 bits per heavy atom. The van der Waals surface area contributed by atoms with Crippen LogP contribution in [0.2, 0.25) is 0 Å². The maximum absolute atomic E-state index is 10.8. The van der Waals surface area contributed by atoms with Crippen LogP contribution in [-0.2, 0) is 4.79 Å². The first-order valence-corrected chi connectivity index (χ1v) is 4.50. The molecule has 0 radical (unpaired) electrons. The van der Waals surface area contributed by atoms with E-state index >= 15 is 0 Å². The number of likely N-dealkylation sites (N-methyl/N-ethyl adjacent to an activating group) is 2. The van der Waals surface area contributed by atoms with Crippen LogP contribution in [0.5, 0.6) is 0 Å². The lowest BCUT2D eigenvalue weighted by atomic mass is 10.6. The van der Waals surface area contributed by atoms with Gasteiger partial charge in [0, 0.05) is 48.2 Å². The summed E-state index contributed by atoms with van der Waals surface area (Å²) >= 11 is 0. The van der Waals surface area contributed by atoms with Gasteiger partial charge in [0.25, 0.3) is 0 Å². The van der Waals surface area contributed by atoms with Gasteiger partial charge in [0.05, 0.1) is 0 Å². The third kappa shape index (κ3) is 4.11. The number of urea groups is 1. The highest BCUT2D eigenvalue weighted by molar-refractivity contribution is 5.75. The Hall–Kier alpha value is -1.26. The van der Waals surface area contributed by atoms with Gasteiger partial charge in [-0.05, 0) is 0 Å². The Balaban J connectivity index is 0.000000255. The van der Waals surface area contributed by atoms with Crippen molar-refractivity contribution in [2.24, 2.45) is 0 Å². The topological polar surface area (TPSA) is 43.9 Å². The van der Waals surface area contributed by atoms with Crippen LogP contribution in [-0.4, -0.2) is 67.9 Å². The second kappa shape index (κ2) is 5.47. The molecule has 5 nitrogen and oxygen atoms in total. The lowest BCUT2D eigenvalue weighted by molar-refractivity contribution is -0.126. The Morgan fingerprint density at radius 2 is 1.50 bits per heavy atom. The molecule has 0 atom stereocenters. The molecule has 3 amide bonds. The number of carbonyl (C=O) groups is 2. The quantitative estimate of drug-likeness (QED) is 0.557. The van der Waals surface area contributed by atoms with E-state index in [0.717, 1.165) is 13.1 Å². The SMILES string of the molecule is CC(=O)N(C)C.CN1CCN(C)C1=O. The molecule has 0 aliphatic carbocycles. The number of hydrogen-bond acceptors (Lipinski definition) is 2. The summed E-state index contributed by atoms with van der Waals surface area (Å²) in [5.74, 6) is 0.0926. The molecule has 82 valence electrons. The predicted octanol–water partition coefficient (Wildman–Crippen LogP) is 0.0781. The van der Waals surface area contributed by atoms with Gasteiger partial charge in [-0.2, -0.15) is 0 Å². The summed E-state index contributed by atoms with van der Waals surface area (Å²) in [5.41, 5.74) is 0. The first kappa shape index (κ1) is 12.7. The number of hydrogen-bond donors (Lipinski definition) is 0. The molecule has 0 aromatic carbocycles. The summed E-state index contributed by atoms with van der Waals surface area (Å²) in [7, 11) is 7.07. The van der Waals surface area contributed by atoms with Gasteiger partial charge in [0.2, 0.25) is 5.91 Å². The van der Waals surface area contributed by atoms with Gasteiger partial charge in [-0.1, -0.05) is 0 Å². The highest BCUT2D eigenvalue weighted by Gasteiger charge is 2.20. The van der Waals surface area contributed by atoms with Crippen LogP contribution in [0.3, 0.4) is 0 Å². The molecule has 1 fully saturated rings. The third-order valence-corrected chi connectivity index (χ3v) is 2.05. The molecule has 0 unspecified atom stereocenters. The molecule has 0 aromatic heterocycles. The summed E-state index contributed by atoms with van der Waals surface area (Å²) in [6, 6.07) is 0.130. The molecule has 1 saturated heterocycles. The molecule has 5 heteroatoms. The summed E-state index contributed by atoms with van der Waals surface area (Å²) < 4.78 is 0. The summed E-state index contributed by atoms with van der Waals surface area (Å²) in [6.45, 7) is 3.27. The standard InChI is InChI=1S/C5H10N2O.C4H9NO/c1-6-3-4-7(2)5(6)8;1-4(6)5(2)3/h3-4H2,1-2H3;1-3H3. The van der Waals surface area contributed by atoms with Crippen LogP contribution in [0.25, 0.3) is 0 Å². The maximum atomic E-state index is 10.8. The highest BCUT2D eigenvalue weighted by Crippen LogP contribution is 2.00. The zero-order valence-corrected chi connectivity index (χ0v) is 9.57. The first-order chi connectivity index (χ1) is 6.36. The van der Waals surface area contributed by atoms with E-state index in [-0.39, 0.29) is 11.9 Å². The fraction of sp³-hybridized carbons (Fsp3) is 0.778. The average Bonchev–Trinajstić information content (AvgIpc) is 2.37. The number of carbonyl (C=O) groups excluding carboxylic acids is 2. The zero-order valence-electron chi connectivity index (χ0n) is 9.57. The van der Waals surface area contributed by atoms with Gasteiger partial charge in [-0.25, -0.2) is 4.79 Å². The molecular formula is C9H19N3O2. The van der Waals surface area contributed by atoms with Crippen LogP contribution in [0.15, 0.2) is 0 Å². The van der Waals surface area contributed by atoms with Crippen molar-refractivity contribution in [3.8, 4) is 0 Å². The van der Waals surface area contributed by atoms with Gasteiger partial charge in [0.1, 0.15) is 0 Å². The summed E-state index contributed by atoms with van der Waals surface area (Å²) in [5, 5.41) is 0. The van der Waals surface area contributed by atoms with Crippen LogP contribution in [0.4, 0.5) is 4.79 Å². The normalized spacial score (nSPS) is 15.1. The van der Waals surface area contributed by atoms with Crippen molar-refractivity contribution in [2.45, 2.75) is 6.92 Å². The van der Waals surface area contributed by atoms with E-state index < -0.39 is 0 Å². The molecule has 0 N–H and O–H groups in total. The molecule has 0 aromatic rings. The first-order valence-electron chi connectivity index (χ1n) is 4.50. The Bertz CT molecular complexity index is 204. The van der Waals surface area contributed by atoms with Crippen LogP contribution in [0, 0.1) is 0 Å². The maximum Gasteiger partial charge on any atom is 0.319 e. The molecule has 14 heavy (non-hydrogen) atoms. The molecule has 0 saturated carbocycles. The van der Waals surface area contributed by atoms with E-state index in [1.165, 1.54) is 11.8 Å². The van der Waals surface area contributed by atoms with Gasteiger partial charge in [0.15, 0.2) is 0 Å². The average molecular weight is 201 g/mol. The minimum Gasteiger partial charge on any atom is -0.349 e. The Kier molecular flexibility index (Phi) is 4.97. The number of amides is 3. The van der Waals surface area contributed by atoms with Crippen LogP contribution in [0.1, 0.15) is 6.92 Å². The van der Waals surface area contributed by atoms with E-state index in [1.807, 2.05) is 14.1 Å². The van der Waals surface area contributed by atoms with E-state index in [0.29, 0.717) is 0 Å². The largest absolute Gasteiger partial charge is 0.349 e. The molecule has 0 bridgehead atoms. The van der Waals surface area contributed by atoms with E-state index in [4.69, 9.17) is 0 Å². The monoisotopic (exact) mass is 201 g/mol. The molecule has 1 heterocycles. The smallest absolute Gasteiger partial charge is 0.319 e. The van der Waals surface area contributed by atoms with Crippen LogP contribution < -0.4 is 0 Å². The van der Waals surface area contributed by atoms with Crippen molar-refractivity contribution in [3.63, 3.8) is 0 Å². The minimum atomic E-state index is 0.0926. The number of rotatable bonds is 0. The third-order valence-electron chi connectivity index (χ3n) is 2.05. The summed E-state index contributed by atoms with van der Waals surface area (Å²) in [6.07, 6.45) is 0. The van der Waals surface area contributed by atoms with Crippen molar-refractivity contribution >= 4 is 11.9 Å². The number of nitrogens with zero attached hydrogens (tertiary/aromatic N) is 3. The molecular weight excluding hydrogens is 182 g/mol. The zero-order chi connectivity index (χ0) is 11.3. The van der Waals surface area contributed by atoms with Crippen molar-refractivity contribution < 1.29 is 9.59 Å². The van der Waals surface area contributed by atoms with E-state index in [9.17, 15) is 9.59 Å². The van der Waals surface area contributed by atoms with Gasteiger partial charge >= 0.3 is 6.03 Å². The lowest BCUT2D eigenvalue weighted by Gasteiger charge is -2.07. The lowest BCUT2D eigenvalue weighted by Crippen LogP contribution is -2.25. The Morgan fingerprint density at radius 3 is 1.57 bits per heavy atom. The second-order valence-corrected chi connectivity index (χ2v) is 3.54. The second-order valence-electron chi connectivity index (χ2n) is 3.54. The van der Waals surface area contributed by atoms with Crippen molar-refractivity contribution in [1.82, 2.24) is 14.7 Å². The summed E-state index contributed by atoms with van der Waals surface area (Å²) in [4.78, 5) is 25.8. The van der Waals surface area contributed by atoms with Crippen LogP contribution >= 0.6 is 0 Å². The van der Waals surface area contributed by atoms with Crippen molar-refractivity contribution in [2.75, 3.05) is 41.3 Å². The van der Waals surface area contributed by atoms with E-state index in [2.05, 4.69) is 0 Å². The van der Waals surface area contributed by atoms with Crippen molar-refractivity contribution in [1.29, 1.82) is 0 Å². The fourth-order valence-electron chi connectivity index (χ4n) is 0.783. The molecule has 1 aliphatic rings. The fourth-order valence-corrected chi connectivity index (χ4v) is 0.783. The highest BCUT2D eigenvalue weighted by atomic mass is 16.2. The van der Waals surface area contributed by atoms with Gasteiger partial charge in [-0.15, -0.1) is 0 Å².